The van der Waals surface area contributed by atoms with Crippen molar-refractivity contribution in [1.82, 2.24) is 9.88 Å². The van der Waals surface area contributed by atoms with E-state index in [0.717, 1.165) is 24.3 Å². The first-order valence-electron chi connectivity index (χ1n) is 8.89. The molecule has 0 radical (unpaired) electrons. The predicted molar refractivity (Wildman–Crippen MR) is 102 cm³/mol. The Morgan fingerprint density at radius 3 is 2.78 bits per heavy atom. The van der Waals surface area contributed by atoms with Crippen molar-refractivity contribution in [2.75, 3.05) is 6.54 Å². The Hall–Kier alpha value is -2.79. The van der Waals surface area contributed by atoms with Gasteiger partial charge >= 0.3 is 0 Å². The average molecular weight is 383 g/mol. The van der Waals surface area contributed by atoms with Gasteiger partial charge in [0.05, 0.1) is 11.6 Å². The Bertz CT molecular complexity index is 969. The molecule has 2 aromatic carbocycles. The molecular weight excluding hydrogens is 364 g/mol. The molecule has 5 nitrogen and oxygen atoms in total. The molecule has 0 saturated heterocycles. The van der Waals surface area contributed by atoms with Gasteiger partial charge in [0.1, 0.15) is 17.2 Å². The molecular formula is C21H19ClN2O3. The van der Waals surface area contributed by atoms with E-state index in [1.807, 2.05) is 18.2 Å². The fraction of sp³-hybridized carbons (Fsp3) is 0.238. The highest BCUT2D eigenvalue weighted by Gasteiger charge is 2.26. The van der Waals surface area contributed by atoms with Crippen LogP contribution in [0.3, 0.4) is 0 Å². The van der Waals surface area contributed by atoms with Crippen molar-refractivity contribution in [2.45, 2.75) is 25.8 Å². The number of halogens is 1. The van der Waals surface area contributed by atoms with Crippen molar-refractivity contribution in [1.29, 1.82) is 0 Å². The largest absolute Gasteiger partial charge is 0.506 e. The summed E-state index contributed by atoms with van der Waals surface area (Å²) >= 11 is 5.82. The Balaban J connectivity index is 1.44. The quantitative estimate of drug-likeness (QED) is 0.740. The highest BCUT2D eigenvalue weighted by molar-refractivity contribution is 6.32. The van der Waals surface area contributed by atoms with Gasteiger partial charge in [0.25, 0.3) is 5.91 Å². The summed E-state index contributed by atoms with van der Waals surface area (Å²) < 4.78 is 5.89. The maximum Gasteiger partial charge on any atom is 0.254 e. The summed E-state index contributed by atoms with van der Waals surface area (Å²) in [7, 11) is 0. The molecule has 0 aliphatic carbocycles. The summed E-state index contributed by atoms with van der Waals surface area (Å²) in [6.45, 7) is 0.967. The molecule has 3 aromatic rings. The Morgan fingerprint density at radius 2 is 2.00 bits per heavy atom. The van der Waals surface area contributed by atoms with Crippen LogP contribution in [-0.4, -0.2) is 27.4 Å². The number of fused-ring (bicyclic) bond motifs is 1. The van der Waals surface area contributed by atoms with Gasteiger partial charge in [-0.1, -0.05) is 41.9 Å². The number of aromatic hydroxyl groups is 1. The van der Waals surface area contributed by atoms with Crippen LogP contribution in [0.1, 0.15) is 33.3 Å². The van der Waals surface area contributed by atoms with Crippen molar-refractivity contribution < 1.29 is 14.3 Å². The second kappa shape index (κ2) is 7.45. The van der Waals surface area contributed by atoms with Crippen molar-refractivity contribution in [3.63, 3.8) is 0 Å². The van der Waals surface area contributed by atoms with Gasteiger partial charge in [-0.2, -0.15) is 0 Å². The molecule has 138 valence electrons. The SMILES string of the molecule is O=C(c1ccc(Cl)c(O)c1)N1CCc2oc(CCc3ccccc3)nc2C1. The van der Waals surface area contributed by atoms with Crippen LogP contribution in [0, 0.1) is 0 Å². The fourth-order valence-electron chi connectivity index (χ4n) is 3.26. The number of rotatable bonds is 4. The molecule has 6 heteroatoms. The second-order valence-corrected chi connectivity index (χ2v) is 7.01. The van der Waals surface area contributed by atoms with Crippen molar-refractivity contribution in [3.8, 4) is 5.75 Å². The molecule has 1 aliphatic rings. The molecule has 2 heterocycles. The average Bonchev–Trinajstić information content (AvgIpc) is 3.11. The first-order chi connectivity index (χ1) is 13.1. The number of nitrogens with zero attached hydrogens (tertiary/aromatic N) is 2. The molecule has 0 atom stereocenters. The molecule has 0 spiro atoms. The lowest BCUT2D eigenvalue weighted by atomic mass is 10.1. The molecule has 0 bridgehead atoms. The number of carbonyl (C=O) groups excluding carboxylic acids is 1. The zero-order valence-electron chi connectivity index (χ0n) is 14.7. The monoisotopic (exact) mass is 382 g/mol. The van der Waals surface area contributed by atoms with Gasteiger partial charge in [0.15, 0.2) is 5.89 Å². The first kappa shape index (κ1) is 17.6. The standard InChI is InChI=1S/C21H19ClN2O3/c22-16-8-7-15(12-18(16)25)21(26)24-11-10-19-17(13-24)23-20(27-19)9-6-14-4-2-1-3-5-14/h1-5,7-8,12,25H,6,9-11,13H2. The molecule has 0 saturated carbocycles. The number of phenolic OH excluding ortho intramolecular Hbond substituents is 1. The van der Waals surface area contributed by atoms with Crippen molar-refractivity contribution >= 4 is 17.5 Å². The lowest BCUT2D eigenvalue weighted by Crippen LogP contribution is -2.35. The number of carbonyl (C=O) groups is 1. The number of amides is 1. The van der Waals surface area contributed by atoms with E-state index in [0.29, 0.717) is 31.0 Å². The Labute approximate surface area is 162 Å². The number of aromatic nitrogens is 1. The van der Waals surface area contributed by atoms with E-state index in [1.54, 1.807) is 11.0 Å². The number of hydrogen-bond donors (Lipinski definition) is 1. The fourth-order valence-corrected chi connectivity index (χ4v) is 3.37. The van der Waals surface area contributed by atoms with Crippen LogP contribution in [0.25, 0.3) is 0 Å². The molecule has 1 amide bonds. The third-order valence-corrected chi connectivity index (χ3v) is 5.04. The van der Waals surface area contributed by atoms with Crippen LogP contribution < -0.4 is 0 Å². The maximum atomic E-state index is 12.7. The van der Waals surface area contributed by atoms with Gasteiger partial charge < -0.3 is 14.4 Å². The van der Waals surface area contributed by atoms with Gasteiger partial charge in [-0.15, -0.1) is 0 Å². The van der Waals surface area contributed by atoms with Crippen LogP contribution in [0.5, 0.6) is 5.75 Å². The smallest absolute Gasteiger partial charge is 0.254 e. The lowest BCUT2D eigenvalue weighted by Gasteiger charge is -2.25. The van der Waals surface area contributed by atoms with E-state index in [2.05, 4.69) is 17.1 Å². The van der Waals surface area contributed by atoms with Gasteiger partial charge in [-0.25, -0.2) is 4.98 Å². The van der Waals surface area contributed by atoms with Crippen LogP contribution in [0.15, 0.2) is 52.9 Å². The minimum Gasteiger partial charge on any atom is -0.506 e. The number of oxazole rings is 1. The molecule has 0 fully saturated rings. The van der Waals surface area contributed by atoms with Crippen molar-refractivity contribution in [3.05, 3.63) is 82.0 Å². The topological polar surface area (TPSA) is 66.6 Å². The lowest BCUT2D eigenvalue weighted by molar-refractivity contribution is 0.0727. The van der Waals surface area contributed by atoms with Crippen LogP contribution in [-0.2, 0) is 25.8 Å². The van der Waals surface area contributed by atoms with Crippen LogP contribution in [0.2, 0.25) is 5.02 Å². The predicted octanol–water partition coefficient (Wildman–Crippen LogP) is 4.02. The van der Waals surface area contributed by atoms with Crippen LogP contribution >= 0.6 is 11.6 Å². The third-order valence-electron chi connectivity index (χ3n) is 4.72. The number of aryl methyl sites for hydroxylation is 2. The van der Waals surface area contributed by atoms with Crippen LogP contribution in [0.4, 0.5) is 0 Å². The summed E-state index contributed by atoms with van der Waals surface area (Å²) in [6.07, 6.45) is 2.24. The normalized spacial score (nSPS) is 13.4. The first-order valence-corrected chi connectivity index (χ1v) is 9.27. The third kappa shape index (κ3) is 3.83. The van der Waals surface area contributed by atoms with E-state index in [-0.39, 0.29) is 16.7 Å². The second-order valence-electron chi connectivity index (χ2n) is 6.61. The summed E-state index contributed by atoms with van der Waals surface area (Å²) in [5.41, 5.74) is 2.47. The molecule has 1 N–H and O–H groups in total. The molecule has 27 heavy (non-hydrogen) atoms. The zero-order valence-corrected chi connectivity index (χ0v) is 15.4. The summed E-state index contributed by atoms with van der Waals surface area (Å²) in [4.78, 5) is 19.0. The maximum absolute atomic E-state index is 12.7. The zero-order chi connectivity index (χ0) is 18.8. The van der Waals surface area contributed by atoms with Gasteiger partial charge in [0, 0.05) is 24.9 Å². The summed E-state index contributed by atoms with van der Waals surface area (Å²) in [5, 5.41) is 9.96. The Kier molecular flexibility index (Phi) is 4.86. The highest BCUT2D eigenvalue weighted by Crippen LogP contribution is 2.26. The van der Waals surface area contributed by atoms with Gasteiger partial charge in [-0.05, 0) is 30.2 Å². The van der Waals surface area contributed by atoms with E-state index in [4.69, 9.17) is 16.0 Å². The van der Waals surface area contributed by atoms with E-state index in [9.17, 15) is 9.90 Å². The molecule has 1 aromatic heterocycles. The molecule has 1 aliphatic heterocycles. The number of benzene rings is 2. The Morgan fingerprint density at radius 1 is 1.19 bits per heavy atom. The number of hydrogen-bond acceptors (Lipinski definition) is 4. The van der Waals surface area contributed by atoms with Crippen molar-refractivity contribution in [2.24, 2.45) is 0 Å². The molecule has 4 rings (SSSR count). The van der Waals surface area contributed by atoms with Gasteiger partial charge in [-0.3, -0.25) is 4.79 Å². The van der Waals surface area contributed by atoms with Gasteiger partial charge in [0.2, 0.25) is 0 Å². The highest BCUT2D eigenvalue weighted by atomic mass is 35.5. The van der Waals surface area contributed by atoms with E-state index < -0.39 is 0 Å². The minimum absolute atomic E-state index is 0.0927. The summed E-state index contributed by atoms with van der Waals surface area (Å²) in [5.74, 6) is 1.33. The molecule has 0 unspecified atom stereocenters. The van der Waals surface area contributed by atoms with E-state index in [1.165, 1.54) is 17.7 Å². The van der Waals surface area contributed by atoms with E-state index >= 15 is 0 Å². The summed E-state index contributed by atoms with van der Waals surface area (Å²) in [6, 6.07) is 14.8. The minimum atomic E-state index is -0.151. The number of phenols is 1.